The molecular formula is C12H7F3O3S. The third-order valence-corrected chi connectivity index (χ3v) is 3.42. The summed E-state index contributed by atoms with van der Waals surface area (Å²) in [4.78, 5) is -0.419. The molecule has 0 aliphatic carbocycles. The van der Waals surface area contributed by atoms with Gasteiger partial charge in [0, 0.05) is 6.07 Å². The standard InChI is InChI=1S/C12H7F3O3S/c13-8-2-1-3-10(6-8)19(16,17)18-9-4-5-11(14)12(15)7-9/h1-7H. The minimum Gasteiger partial charge on any atom is -0.379 e. The normalized spacial score (nSPS) is 11.3. The van der Waals surface area contributed by atoms with E-state index in [-0.39, 0.29) is 0 Å². The van der Waals surface area contributed by atoms with Crippen molar-refractivity contribution >= 4 is 10.1 Å². The van der Waals surface area contributed by atoms with Gasteiger partial charge in [-0.15, -0.1) is 0 Å². The topological polar surface area (TPSA) is 43.4 Å². The van der Waals surface area contributed by atoms with E-state index in [0.29, 0.717) is 6.07 Å². The maximum atomic E-state index is 12.9. The van der Waals surface area contributed by atoms with Crippen LogP contribution in [0, 0.1) is 17.5 Å². The molecule has 2 aromatic carbocycles. The van der Waals surface area contributed by atoms with Crippen molar-refractivity contribution in [3.05, 3.63) is 59.9 Å². The van der Waals surface area contributed by atoms with Crippen LogP contribution < -0.4 is 4.18 Å². The lowest BCUT2D eigenvalue weighted by atomic mass is 10.3. The highest BCUT2D eigenvalue weighted by atomic mass is 32.2. The van der Waals surface area contributed by atoms with Crippen LogP contribution in [-0.2, 0) is 10.1 Å². The van der Waals surface area contributed by atoms with E-state index in [4.69, 9.17) is 0 Å². The molecule has 0 amide bonds. The monoisotopic (exact) mass is 288 g/mol. The Bertz CT molecular complexity index is 714. The molecule has 0 spiro atoms. The first kappa shape index (κ1) is 13.4. The Kier molecular flexibility index (Phi) is 3.48. The van der Waals surface area contributed by atoms with E-state index in [1.54, 1.807) is 0 Å². The summed E-state index contributed by atoms with van der Waals surface area (Å²) in [6.45, 7) is 0. The Labute approximate surface area is 107 Å². The van der Waals surface area contributed by atoms with Gasteiger partial charge in [0.2, 0.25) is 0 Å². The molecule has 0 bridgehead atoms. The van der Waals surface area contributed by atoms with Gasteiger partial charge in [-0.05, 0) is 30.3 Å². The molecule has 0 aliphatic rings. The van der Waals surface area contributed by atoms with E-state index < -0.39 is 38.2 Å². The molecule has 19 heavy (non-hydrogen) atoms. The second-order valence-electron chi connectivity index (χ2n) is 3.57. The van der Waals surface area contributed by atoms with Crippen LogP contribution in [0.5, 0.6) is 5.75 Å². The lowest BCUT2D eigenvalue weighted by Gasteiger charge is -2.07. The fourth-order valence-electron chi connectivity index (χ4n) is 1.33. The smallest absolute Gasteiger partial charge is 0.339 e. The van der Waals surface area contributed by atoms with Crippen LogP contribution in [0.1, 0.15) is 0 Å². The van der Waals surface area contributed by atoms with Crippen molar-refractivity contribution in [1.82, 2.24) is 0 Å². The first-order valence-corrected chi connectivity index (χ1v) is 6.44. The molecular weight excluding hydrogens is 281 g/mol. The molecule has 0 fully saturated rings. The lowest BCUT2D eigenvalue weighted by Crippen LogP contribution is -2.10. The number of hydrogen-bond acceptors (Lipinski definition) is 3. The van der Waals surface area contributed by atoms with Crippen LogP contribution in [0.2, 0.25) is 0 Å². The molecule has 3 nitrogen and oxygen atoms in total. The van der Waals surface area contributed by atoms with Gasteiger partial charge in [-0.25, -0.2) is 13.2 Å². The number of benzene rings is 2. The Morgan fingerprint density at radius 3 is 2.26 bits per heavy atom. The van der Waals surface area contributed by atoms with E-state index >= 15 is 0 Å². The molecule has 2 rings (SSSR count). The van der Waals surface area contributed by atoms with Crippen molar-refractivity contribution in [2.75, 3.05) is 0 Å². The van der Waals surface area contributed by atoms with Gasteiger partial charge in [-0.1, -0.05) is 6.07 Å². The number of hydrogen-bond donors (Lipinski definition) is 0. The molecule has 0 saturated heterocycles. The minimum atomic E-state index is -4.29. The Morgan fingerprint density at radius 2 is 1.63 bits per heavy atom. The summed E-state index contributed by atoms with van der Waals surface area (Å²) < 4.78 is 66.6. The summed E-state index contributed by atoms with van der Waals surface area (Å²) in [6.07, 6.45) is 0. The molecule has 0 aromatic heterocycles. The zero-order valence-corrected chi connectivity index (χ0v) is 10.1. The van der Waals surface area contributed by atoms with E-state index in [2.05, 4.69) is 4.18 Å². The van der Waals surface area contributed by atoms with Crippen molar-refractivity contribution in [3.63, 3.8) is 0 Å². The second-order valence-corrected chi connectivity index (χ2v) is 5.12. The van der Waals surface area contributed by atoms with Crippen LogP contribution in [0.3, 0.4) is 0 Å². The largest absolute Gasteiger partial charge is 0.379 e. The summed E-state index contributed by atoms with van der Waals surface area (Å²) in [5, 5.41) is 0. The lowest BCUT2D eigenvalue weighted by molar-refractivity contribution is 0.471. The van der Waals surface area contributed by atoms with Gasteiger partial charge in [-0.3, -0.25) is 0 Å². The van der Waals surface area contributed by atoms with E-state index in [1.165, 1.54) is 6.07 Å². The van der Waals surface area contributed by atoms with Crippen LogP contribution in [0.4, 0.5) is 13.2 Å². The SMILES string of the molecule is O=S(=O)(Oc1ccc(F)c(F)c1)c1cccc(F)c1. The fraction of sp³-hybridized carbons (Fsp3) is 0. The van der Waals surface area contributed by atoms with Crippen LogP contribution in [0.15, 0.2) is 47.4 Å². The number of halogens is 3. The van der Waals surface area contributed by atoms with Gasteiger partial charge < -0.3 is 4.18 Å². The Hall–Kier alpha value is -2.02. The van der Waals surface area contributed by atoms with Gasteiger partial charge in [0.25, 0.3) is 0 Å². The highest BCUT2D eigenvalue weighted by molar-refractivity contribution is 7.87. The van der Waals surface area contributed by atoms with Crippen LogP contribution in [0.25, 0.3) is 0 Å². The Balaban J connectivity index is 2.33. The zero-order chi connectivity index (χ0) is 14.0. The van der Waals surface area contributed by atoms with Crippen molar-refractivity contribution in [3.8, 4) is 5.75 Å². The third kappa shape index (κ3) is 3.05. The number of rotatable bonds is 3. The van der Waals surface area contributed by atoms with Crippen LogP contribution >= 0.6 is 0 Å². The van der Waals surface area contributed by atoms with Crippen LogP contribution in [-0.4, -0.2) is 8.42 Å². The third-order valence-electron chi connectivity index (χ3n) is 2.18. The molecule has 0 N–H and O–H groups in total. The first-order valence-electron chi connectivity index (χ1n) is 5.03. The van der Waals surface area contributed by atoms with E-state index in [9.17, 15) is 21.6 Å². The average Bonchev–Trinajstić information content (AvgIpc) is 2.33. The highest BCUT2D eigenvalue weighted by Crippen LogP contribution is 2.21. The summed E-state index contributed by atoms with van der Waals surface area (Å²) in [5.74, 6) is -3.53. The summed E-state index contributed by atoms with van der Waals surface area (Å²) >= 11 is 0. The van der Waals surface area contributed by atoms with Crippen molar-refractivity contribution in [2.45, 2.75) is 4.90 Å². The molecule has 2 aromatic rings. The predicted octanol–water partition coefficient (Wildman–Crippen LogP) is 2.87. The minimum absolute atomic E-state index is 0.400. The quantitative estimate of drug-likeness (QED) is 0.816. The molecule has 7 heteroatoms. The molecule has 0 saturated carbocycles. The maximum Gasteiger partial charge on any atom is 0.339 e. The van der Waals surface area contributed by atoms with Crippen molar-refractivity contribution in [2.24, 2.45) is 0 Å². The second kappa shape index (κ2) is 4.93. The molecule has 0 atom stereocenters. The molecule has 0 aliphatic heterocycles. The predicted molar refractivity (Wildman–Crippen MR) is 60.6 cm³/mol. The Morgan fingerprint density at radius 1 is 0.895 bits per heavy atom. The molecule has 0 heterocycles. The van der Waals surface area contributed by atoms with E-state index in [1.807, 2.05) is 0 Å². The van der Waals surface area contributed by atoms with Gasteiger partial charge in [-0.2, -0.15) is 8.42 Å². The van der Waals surface area contributed by atoms with Crippen molar-refractivity contribution in [1.29, 1.82) is 0 Å². The summed E-state index contributed by atoms with van der Waals surface area (Å²) in [7, 11) is -4.29. The van der Waals surface area contributed by atoms with Crippen molar-refractivity contribution < 1.29 is 25.8 Å². The van der Waals surface area contributed by atoms with Gasteiger partial charge in [0.05, 0.1) is 0 Å². The van der Waals surface area contributed by atoms with Gasteiger partial charge >= 0.3 is 10.1 Å². The maximum absolute atomic E-state index is 12.9. The first-order chi connectivity index (χ1) is 8.88. The summed E-state index contributed by atoms with van der Waals surface area (Å²) in [6, 6.07) is 6.41. The average molecular weight is 288 g/mol. The zero-order valence-electron chi connectivity index (χ0n) is 9.31. The van der Waals surface area contributed by atoms with Gasteiger partial charge in [0.1, 0.15) is 16.5 Å². The molecule has 100 valence electrons. The van der Waals surface area contributed by atoms with E-state index in [0.717, 1.165) is 30.3 Å². The highest BCUT2D eigenvalue weighted by Gasteiger charge is 2.18. The summed E-state index contributed by atoms with van der Waals surface area (Å²) in [5.41, 5.74) is 0. The molecule has 0 unspecified atom stereocenters. The molecule has 0 radical (unpaired) electrons. The fourth-order valence-corrected chi connectivity index (χ4v) is 2.28. The van der Waals surface area contributed by atoms with Gasteiger partial charge in [0.15, 0.2) is 11.6 Å².